The summed E-state index contributed by atoms with van der Waals surface area (Å²) < 4.78 is 1.33. The number of fused-ring (bicyclic) bond motifs is 1. The Morgan fingerprint density at radius 2 is 2.21 bits per heavy atom. The topological polar surface area (TPSA) is 29.1 Å². The summed E-state index contributed by atoms with van der Waals surface area (Å²) in [7, 11) is 0. The lowest BCUT2D eigenvalue weighted by atomic mass is 9.84. The van der Waals surface area contributed by atoms with E-state index in [1.165, 1.54) is 22.1 Å². The number of thiophene rings is 1. The lowest BCUT2D eigenvalue weighted by molar-refractivity contribution is -0.127. The Hall–Kier alpha value is -1.35. The van der Waals surface area contributed by atoms with Crippen molar-refractivity contribution in [2.45, 2.75) is 38.6 Å². The molecule has 0 unspecified atom stereocenters. The largest absolute Gasteiger partial charge is 0.353 e. The van der Waals surface area contributed by atoms with Gasteiger partial charge in [-0.05, 0) is 48.6 Å². The zero-order valence-electron chi connectivity index (χ0n) is 11.2. The van der Waals surface area contributed by atoms with Gasteiger partial charge in [-0.3, -0.25) is 4.79 Å². The van der Waals surface area contributed by atoms with Gasteiger partial charge in [-0.2, -0.15) is 0 Å². The molecular formula is C16H19NOS. The fourth-order valence-corrected chi connectivity index (χ4v) is 3.58. The molecule has 0 bridgehead atoms. The molecule has 1 saturated carbocycles. The molecule has 1 heterocycles. The maximum Gasteiger partial charge on any atom is 0.223 e. The van der Waals surface area contributed by atoms with Gasteiger partial charge in [0.15, 0.2) is 0 Å². The minimum Gasteiger partial charge on any atom is -0.353 e. The van der Waals surface area contributed by atoms with Gasteiger partial charge in [0.25, 0.3) is 0 Å². The van der Waals surface area contributed by atoms with Crippen LogP contribution in [0.4, 0.5) is 0 Å². The number of carbonyl (C=O) groups excluding carboxylic acids is 1. The molecule has 1 atom stereocenters. The van der Waals surface area contributed by atoms with Gasteiger partial charge >= 0.3 is 0 Å². The molecule has 1 aliphatic carbocycles. The number of benzene rings is 1. The Kier molecular flexibility index (Phi) is 3.56. The quantitative estimate of drug-likeness (QED) is 0.903. The van der Waals surface area contributed by atoms with Crippen molar-refractivity contribution in [3.05, 3.63) is 35.2 Å². The monoisotopic (exact) mass is 273 g/mol. The lowest BCUT2D eigenvalue weighted by Crippen LogP contribution is -2.40. The number of carbonyl (C=O) groups is 1. The van der Waals surface area contributed by atoms with Crippen molar-refractivity contribution < 1.29 is 4.79 Å². The molecule has 1 aromatic heterocycles. The molecule has 3 heteroatoms. The average Bonchev–Trinajstić information content (AvgIpc) is 2.70. The second-order valence-corrected chi connectivity index (χ2v) is 6.41. The van der Waals surface area contributed by atoms with Crippen LogP contribution in [-0.2, 0) is 11.2 Å². The van der Waals surface area contributed by atoms with Crippen LogP contribution in [0.3, 0.4) is 0 Å². The SMILES string of the molecule is C[C@@H](Cc1csc2ccccc12)NC(=O)C1CCC1. The fraction of sp³-hybridized carbons (Fsp3) is 0.438. The highest BCUT2D eigenvalue weighted by Gasteiger charge is 2.26. The van der Waals surface area contributed by atoms with Gasteiger partial charge in [-0.1, -0.05) is 24.6 Å². The van der Waals surface area contributed by atoms with Gasteiger partial charge in [-0.15, -0.1) is 11.3 Å². The lowest BCUT2D eigenvalue weighted by Gasteiger charge is -2.26. The maximum atomic E-state index is 11.9. The molecule has 1 amide bonds. The molecule has 0 radical (unpaired) electrons. The normalized spacial score (nSPS) is 17.1. The third-order valence-corrected chi connectivity index (χ3v) is 4.96. The van der Waals surface area contributed by atoms with Gasteiger partial charge in [0.05, 0.1) is 0 Å². The van der Waals surface area contributed by atoms with E-state index in [-0.39, 0.29) is 17.9 Å². The third kappa shape index (κ3) is 2.66. The van der Waals surface area contributed by atoms with Crippen LogP contribution in [0, 0.1) is 5.92 Å². The van der Waals surface area contributed by atoms with Gasteiger partial charge < -0.3 is 5.32 Å². The minimum atomic E-state index is 0.214. The predicted octanol–water partition coefficient (Wildman–Crippen LogP) is 3.75. The summed E-state index contributed by atoms with van der Waals surface area (Å²) in [5.41, 5.74) is 1.35. The predicted molar refractivity (Wildman–Crippen MR) is 80.5 cm³/mol. The highest BCUT2D eigenvalue weighted by Crippen LogP contribution is 2.28. The van der Waals surface area contributed by atoms with E-state index in [0.717, 1.165) is 19.3 Å². The van der Waals surface area contributed by atoms with Crippen LogP contribution in [0.15, 0.2) is 29.6 Å². The Labute approximate surface area is 117 Å². The Morgan fingerprint density at radius 1 is 1.42 bits per heavy atom. The average molecular weight is 273 g/mol. The molecule has 2 nitrogen and oxygen atoms in total. The smallest absolute Gasteiger partial charge is 0.223 e. The van der Waals surface area contributed by atoms with Gasteiger partial charge in [0, 0.05) is 16.7 Å². The second-order valence-electron chi connectivity index (χ2n) is 5.50. The Morgan fingerprint density at radius 3 is 2.95 bits per heavy atom. The van der Waals surface area contributed by atoms with E-state index in [9.17, 15) is 4.79 Å². The first-order chi connectivity index (χ1) is 9.24. The first kappa shape index (κ1) is 12.7. The van der Waals surface area contributed by atoms with Crippen LogP contribution >= 0.6 is 11.3 Å². The van der Waals surface area contributed by atoms with Crippen molar-refractivity contribution in [2.24, 2.45) is 5.92 Å². The van der Waals surface area contributed by atoms with E-state index in [1.807, 2.05) is 0 Å². The van der Waals surface area contributed by atoms with Crippen molar-refractivity contribution in [3.63, 3.8) is 0 Å². The molecule has 0 saturated heterocycles. The summed E-state index contributed by atoms with van der Waals surface area (Å²) in [6, 6.07) is 8.69. The molecule has 0 aliphatic heterocycles. The molecule has 1 aromatic carbocycles. The van der Waals surface area contributed by atoms with Gasteiger partial charge in [-0.25, -0.2) is 0 Å². The van der Waals surface area contributed by atoms with Gasteiger partial charge in [0.1, 0.15) is 0 Å². The van der Waals surface area contributed by atoms with E-state index < -0.39 is 0 Å². The standard InChI is InChI=1S/C16H19NOS/c1-11(17-16(18)12-5-4-6-12)9-13-10-19-15-8-3-2-7-14(13)15/h2-3,7-8,10-12H,4-6,9H2,1H3,(H,17,18)/t11-/m0/s1. The van der Waals surface area contributed by atoms with E-state index in [0.29, 0.717) is 0 Å². The van der Waals surface area contributed by atoms with E-state index >= 15 is 0 Å². The highest BCUT2D eigenvalue weighted by molar-refractivity contribution is 7.17. The van der Waals surface area contributed by atoms with Crippen LogP contribution in [0.5, 0.6) is 0 Å². The Bertz CT molecular complexity index is 585. The molecule has 0 spiro atoms. The van der Waals surface area contributed by atoms with E-state index in [2.05, 4.69) is 41.9 Å². The molecule has 2 aromatic rings. The van der Waals surface area contributed by atoms with Crippen LogP contribution in [0.1, 0.15) is 31.7 Å². The summed E-state index contributed by atoms with van der Waals surface area (Å²) in [4.78, 5) is 11.9. The van der Waals surface area contributed by atoms with Crippen LogP contribution in [0.2, 0.25) is 0 Å². The van der Waals surface area contributed by atoms with Crippen molar-refractivity contribution in [1.29, 1.82) is 0 Å². The minimum absolute atomic E-state index is 0.214. The van der Waals surface area contributed by atoms with Crippen molar-refractivity contribution in [2.75, 3.05) is 0 Å². The molecule has 100 valence electrons. The third-order valence-electron chi connectivity index (χ3n) is 3.95. The fourth-order valence-electron chi connectivity index (χ4n) is 2.60. The molecule has 1 aliphatic rings. The number of nitrogens with one attached hydrogen (secondary N) is 1. The molecular weight excluding hydrogens is 254 g/mol. The summed E-state index contributed by atoms with van der Waals surface area (Å²) >= 11 is 1.78. The van der Waals surface area contributed by atoms with Crippen LogP contribution in [0.25, 0.3) is 10.1 Å². The van der Waals surface area contributed by atoms with Crippen molar-refractivity contribution in [3.8, 4) is 0 Å². The molecule has 1 fully saturated rings. The van der Waals surface area contributed by atoms with Crippen LogP contribution < -0.4 is 5.32 Å². The molecule has 19 heavy (non-hydrogen) atoms. The summed E-state index contributed by atoms with van der Waals surface area (Å²) in [6.45, 7) is 2.10. The van der Waals surface area contributed by atoms with Gasteiger partial charge in [0.2, 0.25) is 5.91 Å². The molecule has 1 N–H and O–H groups in total. The molecule has 3 rings (SSSR count). The second kappa shape index (κ2) is 5.33. The van der Waals surface area contributed by atoms with E-state index in [1.54, 1.807) is 11.3 Å². The maximum absolute atomic E-state index is 11.9. The first-order valence-corrected chi connectivity index (χ1v) is 7.87. The highest BCUT2D eigenvalue weighted by atomic mass is 32.1. The van der Waals surface area contributed by atoms with Crippen molar-refractivity contribution >= 4 is 27.3 Å². The Balaban J connectivity index is 1.65. The zero-order valence-corrected chi connectivity index (χ0v) is 12.0. The van der Waals surface area contributed by atoms with E-state index in [4.69, 9.17) is 0 Å². The first-order valence-electron chi connectivity index (χ1n) is 6.99. The zero-order chi connectivity index (χ0) is 13.2. The number of hydrogen-bond donors (Lipinski definition) is 1. The van der Waals surface area contributed by atoms with Crippen LogP contribution in [-0.4, -0.2) is 11.9 Å². The number of rotatable bonds is 4. The number of hydrogen-bond acceptors (Lipinski definition) is 2. The summed E-state index contributed by atoms with van der Waals surface area (Å²) in [6.07, 6.45) is 4.27. The summed E-state index contributed by atoms with van der Waals surface area (Å²) in [5, 5.41) is 6.70. The van der Waals surface area contributed by atoms with Crippen molar-refractivity contribution in [1.82, 2.24) is 5.32 Å². The summed E-state index contributed by atoms with van der Waals surface area (Å²) in [5.74, 6) is 0.528. The number of amides is 1.